The lowest BCUT2D eigenvalue weighted by Gasteiger charge is -2.37. The van der Waals surface area contributed by atoms with Gasteiger partial charge in [0.25, 0.3) is 0 Å². The van der Waals surface area contributed by atoms with E-state index in [2.05, 4.69) is 30.3 Å². The van der Waals surface area contributed by atoms with Crippen LogP contribution in [-0.4, -0.2) is 31.1 Å². The largest absolute Gasteiger partial charge is 0.399 e. The van der Waals surface area contributed by atoms with Gasteiger partial charge < -0.3 is 16.0 Å². The average molecular weight is 191 g/mol. The van der Waals surface area contributed by atoms with Crippen molar-refractivity contribution in [3.63, 3.8) is 0 Å². The van der Waals surface area contributed by atoms with Crippen LogP contribution in [0.4, 0.5) is 11.4 Å². The molecule has 3 N–H and O–H groups in total. The van der Waals surface area contributed by atoms with Crippen LogP contribution in [0.3, 0.4) is 0 Å². The number of rotatable bonds is 2. The Morgan fingerprint density at radius 3 is 2.64 bits per heavy atom. The van der Waals surface area contributed by atoms with E-state index in [1.165, 1.54) is 5.56 Å². The van der Waals surface area contributed by atoms with Gasteiger partial charge in [0, 0.05) is 24.5 Å². The summed E-state index contributed by atoms with van der Waals surface area (Å²) < 4.78 is 0. The predicted octanol–water partition coefficient (Wildman–Crippen LogP) is 1.30. The topological polar surface area (TPSA) is 41.3 Å². The highest BCUT2D eigenvalue weighted by atomic mass is 15.2. The van der Waals surface area contributed by atoms with E-state index in [1.54, 1.807) is 0 Å². The Balaban J connectivity index is 2.02. The Kier molecular flexibility index (Phi) is 2.33. The molecule has 1 fully saturated rings. The van der Waals surface area contributed by atoms with Crippen molar-refractivity contribution in [3.8, 4) is 0 Å². The van der Waals surface area contributed by atoms with Gasteiger partial charge in [-0.25, -0.2) is 0 Å². The fraction of sp³-hybridized carbons (Fsp3) is 0.455. The van der Waals surface area contributed by atoms with Gasteiger partial charge in [-0.3, -0.25) is 0 Å². The van der Waals surface area contributed by atoms with Gasteiger partial charge in [-0.05, 0) is 37.7 Å². The number of hydrogen-bond acceptors (Lipinski definition) is 3. The molecule has 1 aromatic rings. The molecule has 0 amide bonds. The Bertz CT molecular complexity index is 309. The molecule has 14 heavy (non-hydrogen) atoms. The third-order valence-electron chi connectivity index (χ3n) is 2.53. The first-order chi connectivity index (χ1) is 6.63. The summed E-state index contributed by atoms with van der Waals surface area (Å²) in [5, 5.41) is 3.47. The quantitative estimate of drug-likeness (QED) is 0.692. The van der Waals surface area contributed by atoms with Crippen LogP contribution in [0.15, 0.2) is 18.2 Å². The van der Waals surface area contributed by atoms with Crippen LogP contribution >= 0.6 is 0 Å². The van der Waals surface area contributed by atoms with Crippen LogP contribution in [0.25, 0.3) is 0 Å². The average Bonchev–Trinajstić information content (AvgIpc) is 1.99. The SMILES string of the molecule is Cc1cc(N)cc(NC2CN(C)C2)c1. The molecule has 2 rings (SSSR count). The molecule has 0 spiro atoms. The second-order valence-electron chi connectivity index (χ2n) is 4.19. The maximum Gasteiger partial charge on any atom is 0.0515 e. The van der Waals surface area contributed by atoms with E-state index >= 15 is 0 Å². The van der Waals surface area contributed by atoms with Crippen LogP contribution in [0.5, 0.6) is 0 Å². The number of hydrogen-bond donors (Lipinski definition) is 2. The summed E-state index contributed by atoms with van der Waals surface area (Å²) in [6.45, 7) is 4.30. The zero-order valence-electron chi connectivity index (χ0n) is 8.75. The lowest BCUT2D eigenvalue weighted by atomic mass is 10.1. The van der Waals surface area contributed by atoms with Crippen molar-refractivity contribution in [2.45, 2.75) is 13.0 Å². The number of nitrogen functional groups attached to an aromatic ring is 1. The molecule has 1 aliphatic heterocycles. The zero-order valence-corrected chi connectivity index (χ0v) is 8.75. The van der Waals surface area contributed by atoms with E-state index in [9.17, 15) is 0 Å². The molecule has 1 aromatic carbocycles. The highest BCUT2D eigenvalue weighted by molar-refractivity contribution is 5.57. The molecule has 1 saturated heterocycles. The van der Waals surface area contributed by atoms with Crippen LogP contribution in [-0.2, 0) is 0 Å². The molecular formula is C11H17N3. The number of nitrogens with one attached hydrogen (secondary N) is 1. The molecule has 76 valence electrons. The lowest BCUT2D eigenvalue weighted by molar-refractivity contribution is 0.205. The highest BCUT2D eigenvalue weighted by Gasteiger charge is 2.22. The number of benzene rings is 1. The van der Waals surface area contributed by atoms with Crippen LogP contribution < -0.4 is 11.1 Å². The summed E-state index contributed by atoms with van der Waals surface area (Å²) in [6.07, 6.45) is 0. The summed E-state index contributed by atoms with van der Waals surface area (Å²) >= 11 is 0. The smallest absolute Gasteiger partial charge is 0.0515 e. The molecule has 0 unspecified atom stereocenters. The number of nitrogens with zero attached hydrogens (tertiary/aromatic N) is 1. The molecule has 0 atom stereocenters. The summed E-state index contributed by atoms with van der Waals surface area (Å²) in [6, 6.07) is 6.69. The van der Waals surface area contributed by atoms with Crippen LogP contribution in [0.2, 0.25) is 0 Å². The van der Waals surface area contributed by atoms with E-state index in [-0.39, 0.29) is 0 Å². The molecule has 0 radical (unpaired) electrons. The minimum Gasteiger partial charge on any atom is -0.399 e. The van der Waals surface area contributed by atoms with E-state index in [4.69, 9.17) is 5.73 Å². The van der Waals surface area contributed by atoms with Crippen LogP contribution in [0, 0.1) is 6.92 Å². The Labute approximate surface area is 84.9 Å². The molecule has 3 nitrogen and oxygen atoms in total. The molecule has 0 saturated carbocycles. The number of anilines is 2. The standard InChI is InChI=1S/C11H17N3/c1-8-3-9(12)5-10(4-8)13-11-6-14(2)7-11/h3-5,11,13H,6-7,12H2,1-2H3. The van der Waals surface area contributed by atoms with Gasteiger partial charge in [-0.15, -0.1) is 0 Å². The first kappa shape index (κ1) is 9.34. The van der Waals surface area contributed by atoms with Gasteiger partial charge in [0.2, 0.25) is 0 Å². The van der Waals surface area contributed by atoms with Crippen molar-refractivity contribution in [1.82, 2.24) is 4.90 Å². The van der Waals surface area contributed by atoms with Crippen molar-refractivity contribution in [1.29, 1.82) is 0 Å². The summed E-state index contributed by atoms with van der Waals surface area (Å²) in [5.41, 5.74) is 8.95. The number of aryl methyl sites for hydroxylation is 1. The Morgan fingerprint density at radius 2 is 2.07 bits per heavy atom. The van der Waals surface area contributed by atoms with E-state index in [0.29, 0.717) is 6.04 Å². The van der Waals surface area contributed by atoms with Gasteiger partial charge in [0.1, 0.15) is 0 Å². The summed E-state index contributed by atoms with van der Waals surface area (Å²) in [5.74, 6) is 0. The molecule has 0 aromatic heterocycles. The normalized spacial score (nSPS) is 17.9. The molecule has 0 aliphatic carbocycles. The fourth-order valence-corrected chi connectivity index (χ4v) is 1.92. The first-order valence-corrected chi connectivity index (χ1v) is 4.96. The molecule has 1 heterocycles. The van der Waals surface area contributed by atoms with Gasteiger partial charge in [-0.2, -0.15) is 0 Å². The van der Waals surface area contributed by atoms with Gasteiger partial charge in [-0.1, -0.05) is 0 Å². The molecule has 1 aliphatic rings. The summed E-state index contributed by atoms with van der Waals surface area (Å²) in [7, 11) is 2.13. The summed E-state index contributed by atoms with van der Waals surface area (Å²) in [4.78, 5) is 2.29. The van der Waals surface area contributed by atoms with Crippen molar-refractivity contribution in [2.24, 2.45) is 0 Å². The van der Waals surface area contributed by atoms with E-state index in [0.717, 1.165) is 24.5 Å². The Hall–Kier alpha value is -1.22. The third-order valence-corrected chi connectivity index (χ3v) is 2.53. The van der Waals surface area contributed by atoms with Gasteiger partial charge in [0.05, 0.1) is 6.04 Å². The first-order valence-electron chi connectivity index (χ1n) is 4.96. The molecule has 0 bridgehead atoms. The number of likely N-dealkylation sites (N-methyl/N-ethyl adjacent to an activating group) is 1. The minimum absolute atomic E-state index is 0.584. The highest BCUT2D eigenvalue weighted by Crippen LogP contribution is 2.18. The number of likely N-dealkylation sites (tertiary alicyclic amines) is 1. The Morgan fingerprint density at radius 1 is 1.36 bits per heavy atom. The zero-order chi connectivity index (χ0) is 10.1. The maximum atomic E-state index is 5.77. The van der Waals surface area contributed by atoms with Crippen molar-refractivity contribution in [2.75, 3.05) is 31.2 Å². The number of nitrogens with two attached hydrogens (primary N) is 1. The lowest BCUT2D eigenvalue weighted by Crippen LogP contribution is -2.52. The fourth-order valence-electron chi connectivity index (χ4n) is 1.92. The van der Waals surface area contributed by atoms with E-state index < -0.39 is 0 Å². The second kappa shape index (κ2) is 3.50. The predicted molar refractivity (Wildman–Crippen MR) is 60.5 cm³/mol. The second-order valence-corrected chi connectivity index (χ2v) is 4.19. The monoisotopic (exact) mass is 191 g/mol. The van der Waals surface area contributed by atoms with Crippen molar-refractivity contribution >= 4 is 11.4 Å². The van der Waals surface area contributed by atoms with Gasteiger partial charge >= 0.3 is 0 Å². The minimum atomic E-state index is 0.584. The molecule has 3 heteroatoms. The molecular weight excluding hydrogens is 174 g/mol. The maximum absolute atomic E-state index is 5.77. The third kappa shape index (κ3) is 1.99. The van der Waals surface area contributed by atoms with E-state index in [1.807, 2.05) is 12.1 Å². The van der Waals surface area contributed by atoms with Gasteiger partial charge in [0.15, 0.2) is 0 Å². The van der Waals surface area contributed by atoms with Crippen molar-refractivity contribution < 1.29 is 0 Å². The van der Waals surface area contributed by atoms with Crippen molar-refractivity contribution in [3.05, 3.63) is 23.8 Å². The van der Waals surface area contributed by atoms with Crippen LogP contribution in [0.1, 0.15) is 5.56 Å².